The summed E-state index contributed by atoms with van der Waals surface area (Å²) in [7, 11) is 0. The molecule has 0 aromatic heterocycles. The van der Waals surface area contributed by atoms with E-state index in [1.165, 1.54) is 0 Å². The maximum atomic E-state index is 13.2. The van der Waals surface area contributed by atoms with E-state index in [4.69, 9.17) is 4.74 Å². The van der Waals surface area contributed by atoms with Crippen LogP contribution in [0.15, 0.2) is 78.0 Å². The molecule has 0 bridgehead atoms. The fourth-order valence-corrected chi connectivity index (χ4v) is 4.27. The lowest BCUT2D eigenvalue weighted by molar-refractivity contribution is -0.136. The summed E-state index contributed by atoms with van der Waals surface area (Å²) >= 11 is 0. The summed E-state index contributed by atoms with van der Waals surface area (Å²) in [5.74, 6) is -0.623. The molecule has 0 saturated carbocycles. The van der Waals surface area contributed by atoms with Crippen molar-refractivity contribution in [1.82, 2.24) is 0 Å². The highest BCUT2D eigenvalue weighted by molar-refractivity contribution is 6.07. The summed E-state index contributed by atoms with van der Waals surface area (Å²) in [6.07, 6.45) is 0.246. The van der Waals surface area contributed by atoms with E-state index in [1.54, 1.807) is 4.90 Å². The summed E-state index contributed by atoms with van der Waals surface area (Å²) in [4.78, 5) is 27.5. The number of hydrogen-bond donors (Lipinski definition) is 0. The van der Waals surface area contributed by atoms with Crippen molar-refractivity contribution in [3.8, 4) is 0 Å². The average molecular weight is 369 g/mol. The number of esters is 1. The third-order valence-corrected chi connectivity index (χ3v) is 5.61. The summed E-state index contributed by atoms with van der Waals surface area (Å²) < 4.78 is 5.38. The van der Waals surface area contributed by atoms with Crippen molar-refractivity contribution in [1.29, 1.82) is 0 Å². The van der Waals surface area contributed by atoms with E-state index < -0.39 is 0 Å². The second-order valence-electron chi connectivity index (χ2n) is 7.33. The third kappa shape index (κ3) is 2.53. The molecule has 2 aliphatic heterocycles. The van der Waals surface area contributed by atoms with E-state index >= 15 is 0 Å². The van der Waals surface area contributed by atoms with Gasteiger partial charge in [-0.1, -0.05) is 60.2 Å². The van der Waals surface area contributed by atoms with Crippen LogP contribution in [0.4, 0.5) is 5.69 Å². The first kappa shape index (κ1) is 16.8. The van der Waals surface area contributed by atoms with Gasteiger partial charge in [-0.15, -0.1) is 0 Å². The maximum absolute atomic E-state index is 13.2. The second-order valence-corrected chi connectivity index (χ2v) is 7.33. The van der Waals surface area contributed by atoms with Crippen molar-refractivity contribution in [2.24, 2.45) is 0 Å². The predicted octanol–water partition coefficient (Wildman–Crippen LogP) is 4.48. The van der Waals surface area contributed by atoms with E-state index in [-0.39, 0.29) is 30.8 Å². The van der Waals surface area contributed by atoms with Gasteiger partial charge < -0.3 is 4.74 Å². The number of fused-ring (bicyclic) bond motifs is 1. The SMILES string of the molecule is Cc1ccc(N2C(=O)CC(c3cccc4ccccc34)C3=C2COC3=O)cc1. The average Bonchev–Trinajstić information content (AvgIpc) is 3.09. The zero-order chi connectivity index (χ0) is 19.3. The van der Waals surface area contributed by atoms with E-state index in [1.807, 2.05) is 73.7 Å². The standard InChI is InChI=1S/C24H19NO3/c1-15-9-11-17(12-10-15)25-21-14-28-24(27)23(21)20(13-22(25)26)19-8-4-6-16-5-2-3-7-18(16)19/h2-12,20H,13-14H2,1H3. The fourth-order valence-electron chi connectivity index (χ4n) is 4.27. The molecule has 28 heavy (non-hydrogen) atoms. The predicted molar refractivity (Wildman–Crippen MR) is 108 cm³/mol. The first-order valence-electron chi connectivity index (χ1n) is 9.41. The van der Waals surface area contributed by atoms with Crippen LogP contribution in [0.25, 0.3) is 10.8 Å². The van der Waals surface area contributed by atoms with Gasteiger partial charge in [-0.25, -0.2) is 4.79 Å². The van der Waals surface area contributed by atoms with Gasteiger partial charge in [0.15, 0.2) is 0 Å². The van der Waals surface area contributed by atoms with E-state index in [2.05, 4.69) is 0 Å². The Morgan fingerprint density at radius 3 is 2.50 bits per heavy atom. The number of hydrogen-bond acceptors (Lipinski definition) is 3. The molecule has 4 heteroatoms. The van der Waals surface area contributed by atoms with Crippen molar-refractivity contribution < 1.29 is 14.3 Å². The number of nitrogens with zero attached hydrogens (tertiary/aromatic N) is 1. The minimum absolute atomic E-state index is 0.0150. The Morgan fingerprint density at radius 1 is 0.929 bits per heavy atom. The minimum Gasteiger partial charge on any atom is -0.456 e. The largest absolute Gasteiger partial charge is 0.456 e. The zero-order valence-electron chi connectivity index (χ0n) is 15.5. The topological polar surface area (TPSA) is 46.6 Å². The van der Waals surface area contributed by atoms with Crippen LogP contribution < -0.4 is 4.90 Å². The van der Waals surface area contributed by atoms with Crippen molar-refractivity contribution >= 4 is 28.3 Å². The lowest BCUT2D eigenvalue weighted by atomic mass is 9.82. The molecule has 3 aromatic rings. The van der Waals surface area contributed by atoms with Crippen LogP contribution in [0.2, 0.25) is 0 Å². The Hall–Kier alpha value is -3.40. The summed E-state index contributed by atoms with van der Waals surface area (Å²) in [5, 5.41) is 2.17. The first-order chi connectivity index (χ1) is 13.6. The number of carbonyl (C=O) groups excluding carboxylic acids is 2. The van der Waals surface area contributed by atoms with Crippen molar-refractivity contribution in [3.63, 3.8) is 0 Å². The van der Waals surface area contributed by atoms with Gasteiger partial charge in [0.25, 0.3) is 0 Å². The number of rotatable bonds is 2. The van der Waals surface area contributed by atoms with Gasteiger partial charge in [0.05, 0.1) is 11.3 Å². The minimum atomic E-state index is -0.322. The summed E-state index contributed by atoms with van der Waals surface area (Å²) in [6, 6.07) is 21.9. The lowest BCUT2D eigenvalue weighted by Gasteiger charge is -2.32. The molecule has 1 unspecified atom stereocenters. The van der Waals surface area contributed by atoms with E-state index in [9.17, 15) is 9.59 Å². The molecule has 138 valence electrons. The van der Waals surface area contributed by atoms with Gasteiger partial charge in [0.1, 0.15) is 6.61 Å². The van der Waals surface area contributed by atoms with Crippen molar-refractivity contribution in [2.45, 2.75) is 19.3 Å². The molecule has 3 aromatic carbocycles. The number of ether oxygens (including phenoxy) is 1. The van der Waals surface area contributed by atoms with Crippen molar-refractivity contribution in [2.75, 3.05) is 11.5 Å². The van der Waals surface area contributed by atoms with E-state index in [0.717, 1.165) is 27.6 Å². The maximum Gasteiger partial charge on any atom is 0.336 e. The van der Waals surface area contributed by atoms with Crippen LogP contribution in [0, 0.1) is 6.92 Å². The number of carbonyl (C=O) groups is 2. The Bertz CT molecular complexity index is 1140. The molecule has 0 aliphatic carbocycles. The number of anilines is 1. The van der Waals surface area contributed by atoms with Gasteiger partial charge in [0.2, 0.25) is 5.91 Å². The van der Waals surface area contributed by atoms with Gasteiger partial charge in [-0.3, -0.25) is 9.69 Å². The Kier molecular flexibility index (Phi) is 3.79. The Morgan fingerprint density at radius 2 is 1.68 bits per heavy atom. The molecule has 1 atom stereocenters. The molecule has 2 aliphatic rings. The molecular weight excluding hydrogens is 350 g/mol. The van der Waals surface area contributed by atoms with Crippen LogP contribution in [0.3, 0.4) is 0 Å². The lowest BCUT2D eigenvalue weighted by Crippen LogP contribution is -2.37. The van der Waals surface area contributed by atoms with Crippen LogP contribution in [0.5, 0.6) is 0 Å². The molecule has 2 heterocycles. The highest BCUT2D eigenvalue weighted by Crippen LogP contribution is 2.43. The fraction of sp³-hybridized carbons (Fsp3) is 0.167. The van der Waals surface area contributed by atoms with Crippen LogP contribution >= 0.6 is 0 Å². The van der Waals surface area contributed by atoms with Gasteiger partial charge in [-0.2, -0.15) is 0 Å². The molecule has 0 saturated heterocycles. The Labute approximate surface area is 163 Å². The van der Waals surface area contributed by atoms with Gasteiger partial charge in [-0.05, 0) is 35.4 Å². The quantitative estimate of drug-likeness (QED) is 0.626. The highest BCUT2D eigenvalue weighted by Gasteiger charge is 2.43. The highest BCUT2D eigenvalue weighted by atomic mass is 16.5. The second kappa shape index (κ2) is 6.34. The first-order valence-corrected chi connectivity index (χ1v) is 9.41. The zero-order valence-corrected chi connectivity index (χ0v) is 15.5. The molecule has 0 fully saturated rings. The molecule has 0 N–H and O–H groups in total. The Balaban J connectivity index is 1.68. The van der Waals surface area contributed by atoms with Crippen LogP contribution in [0.1, 0.15) is 23.5 Å². The molecule has 0 spiro atoms. The number of cyclic esters (lactones) is 1. The molecular formula is C24H19NO3. The smallest absolute Gasteiger partial charge is 0.336 e. The molecule has 1 amide bonds. The molecule has 0 radical (unpaired) electrons. The molecule has 5 rings (SSSR count). The number of aryl methyl sites for hydroxylation is 1. The molecule has 4 nitrogen and oxygen atoms in total. The number of benzene rings is 3. The normalized spacial score (nSPS) is 19.2. The number of amides is 1. The summed E-state index contributed by atoms with van der Waals surface area (Å²) in [6.45, 7) is 2.14. The third-order valence-electron chi connectivity index (χ3n) is 5.61. The van der Waals surface area contributed by atoms with Gasteiger partial charge in [0, 0.05) is 18.0 Å². The summed E-state index contributed by atoms with van der Waals surface area (Å²) in [5.41, 5.74) is 4.17. The van der Waals surface area contributed by atoms with Crippen LogP contribution in [-0.4, -0.2) is 18.5 Å². The van der Waals surface area contributed by atoms with Crippen molar-refractivity contribution in [3.05, 3.63) is 89.1 Å². The van der Waals surface area contributed by atoms with E-state index in [0.29, 0.717) is 11.3 Å². The van der Waals surface area contributed by atoms with Crippen LogP contribution in [-0.2, 0) is 14.3 Å². The monoisotopic (exact) mass is 369 g/mol. The van der Waals surface area contributed by atoms with Gasteiger partial charge >= 0.3 is 5.97 Å².